The Kier molecular flexibility index (Phi) is 4.68. The third-order valence-electron chi connectivity index (χ3n) is 5.17. The van der Waals surface area contributed by atoms with Gasteiger partial charge in [0.15, 0.2) is 0 Å². The number of benzene rings is 1. The van der Waals surface area contributed by atoms with Crippen LogP contribution >= 0.6 is 0 Å². The van der Waals surface area contributed by atoms with E-state index < -0.39 is 0 Å². The van der Waals surface area contributed by atoms with E-state index in [-0.39, 0.29) is 11.4 Å². The van der Waals surface area contributed by atoms with Gasteiger partial charge in [0.25, 0.3) is 0 Å². The lowest BCUT2D eigenvalue weighted by Crippen LogP contribution is -2.59. The third kappa shape index (κ3) is 3.83. The molecule has 1 spiro atoms. The first-order valence-corrected chi connectivity index (χ1v) is 8.98. The fourth-order valence-electron chi connectivity index (χ4n) is 4.05. The molecule has 25 heavy (non-hydrogen) atoms. The Bertz CT molecular complexity index is 707. The number of anilines is 1. The van der Waals surface area contributed by atoms with Crippen LogP contribution in [-0.2, 0) is 11.3 Å². The summed E-state index contributed by atoms with van der Waals surface area (Å²) in [5, 5.41) is 0. The van der Waals surface area contributed by atoms with Crippen LogP contribution < -0.4 is 4.90 Å². The quantitative estimate of drug-likeness (QED) is 0.858. The molecule has 4 nitrogen and oxygen atoms in total. The van der Waals surface area contributed by atoms with E-state index in [1.54, 1.807) is 12.1 Å². The molecule has 2 fully saturated rings. The lowest BCUT2D eigenvalue weighted by atomic mass is 9.90. The molecule has 5 heteroatoms. The van der Waals surface area contributed by atoms with Gasteiger partial charge in [0.05, 0.1) is 12.2 Å². The number of hydrogen-bond donors (Lipinski definition) is 0. The highest BCUT2D eigenvalue weighted by atomic mass is 19.1. The Morgan fingerprint density at radius 1 is 1.16 bits per heavy atom. The highest BCUT2D eigenvalue weighted by Gasteiger charge is 2.40. The van der Waals surface area contributed by atoms with Crippen LogP contribution in [0.1, 0.15) is 18.4 Å². The van der Waals surface area contributed by atoms with E-state index in [1.807, 2.05) is 24.5 Å². The molecule has 1 aromatic heterocycles. The first-order chi connectivity index (χ1) is 12.2. The minimum atomic E-state index is -0.181. The summed E-state index contributed by atoms with van der Waals surface area (Å²) in [5.41, 5.74) is 2.02. The number of halogens is 1. The summed E-state index contributed by atoms with van der Waals surface area (Å²) < 4.78 is 19.9. The van der Waals surface area contributed by atoms with E-state index in [1.165, 1.54) is 11.6 Å². The summed E-state index contributed by atoms with van der Waals surface area (Å²) >= 11 is 0. The summed E-state index contributed by atoms with van der Waals surface area (Å²) in [7, 11) is 0. The second kappa shape index (κ2) is 7.10. The van der Waals surface area contributed by atoms with Crippen molar-refractivity contribution in [2.75, 3.05) is 37.7 Å². The second-order valence-electron chi connectivity index (χ2n) is 7.11. The molecular formula is C20H24FN3O. The lowest BCUT2D eigenvalue weighted by molar-refractivity contribution is -0.116. The Balaban J connectivity index is 1.46. The molecular weight excluding hydrogens is 317 g/mol. The van der Waals surface area contributed by atoms with Gasteiger partial charge in [-0.2, -0.15) is 0 Å². The van der Waals surface area contributed by atoms with Crippen molar-refractivity contribution in [1.29, 1.82) is 0 Å². The first-order valence-electron chi connectivity index (χ1n) is 8.98. The van der Waals surface area contributed by atoms with Crippen LogP contribution in [-0.4, -0.2) is 48.3 Å². The zero-order valence-electron chi connectivity index (χ0n) is 14.4. The Morgan fingerprint density at radius 3 is 2.96 bits per heavy atom. The van der Waals surface area contributed by atoms with Crippen molar-refractivity contribution < 1.29 is 9.13 Å². The van der Waals surface area contributed by atoms with Crippen LogP contribution in [0.25, 0.3) is 0 Å². The highest BCUT2D eigenvalue weighted by molar-refractivity contribution is 5.47. The molecule has 1 atom stereocenters. The molecule has 0 N–H and O–H groups in total. The first kappa shape index (κ1) is 16.5. The van der Waals surface area contributed by atoms with E-state index in [9.17, 15) is 4.39 Å². The molecule has 2 aliphatic rings. The summed E-state index contributed by atoms with van der Waals surface area (Å²) in [6.07, 6.45) is 5.87. The number of rotatable bonds is 3. The molecule has 132 valence electrons. The topological polar surface area (TPSA) is 28.6 Å². The van der Waals surface area contributed by atoms with Gasteiger partial charge in [0.2, 0.25) is 0 Å². The SMILES string of the molecule is Fc1cccc(N2CCC[C@]3(CN(Cc4cccnc4)CCO3)C2)c1. The van der Waals surface area contributed by atoms with Gasteiger partial charge >= 0.3 is 0 Å². The minimum Gasteiger partial charge on any atom is -0.370 e. The van der Waals surface area contributed by atoms with Crippen molar-refractivity contribution in [3.8, 4) is 0 Å². The fraction of sp³-hybridized carbons (Fsp3) is 0.450. The molecule has 0 bridgehead atoms. The highest BCUT2D eigenvalue weighted by Crippen LogP contribution is 2.32. The number of pyridine rings is 1. The van der Waals surface area contributed by atoms with Gasteiger partial charge in [-0.1, -0.05) is 12.1 Å². The van der Waals surface area contributed by atoms with E-state index in [0.29, 0.717) is 0 Å². The van der Waals surface area contributed by atoms with Crippen LogP contribution in [0.3, 0.4) is 0 Å². The average molecular weight is 341 g/mol. The molecule has 3 heterocycles. The van der Waals surface area contributed by atoms with E-state index >= 15 is 0 Å². The number of aromatic nitrogens is 1. The summed E-state index contributed by atoms with van der Waals surface area (Å²) in [6.45, 7) is 5.28. The average Bonchev–Trinajstić information content (AvgIpc) is 2.63. The van der Waals surface area contributed by atoms with Gasteiger partial charge in [-0.3, -0.25) is 9.88 Å². The molecule has 0 aliphatic carbocycles. The number of piperidine rings is 1. The molecule has 2 saturated heterocycles. The van der Waals surface area contributed by atoms with Crippen LogP contribution in [0.5, 0.6) is 0 Å². The lowest BCUT2D eigenvalue weighted by Gasteiger charge is -2.48. The predicted octanol–water partition coefficient (Wildman–Crippen LogP) is 3.09. The summed E-state index contributed by atoms with van der Waals surface area (Å²) in [6, 6.07) is 11.0. The molecule has 4 rings (SSSR count). The van der Waals surface area contributed by atoms with Crippen molar-refractivity contribution in [2.45, 2.75) is 25.0 Å². The Hall–Kier alpha value is -1.98. The molecule has 0 saturated carbocycles. The fourth-order valence-corrected chi connectivity index (χ4v) is 4.05. The minimum absolute atomic E-state index is 0.162. The summed E-state index contributed by atoms with van der Waals surface area (Å²) in [5.74, 6) is -0.181. The van der Waals surface area contributed by atoms with Gasteiger partial charge < -0.3 is 9.64 Å². The number of hydrogen-bond acceptors (Lipinski definition) is 4. The number of ether oxygens (including phenoxy) is 1. The van der Waals surface area contributed by atoms with Crippen molar-refractivity contribution in [3.05, 3.63) is 60.2 Å². The zero-order chi connectivity index (χ0) is 17.1. The van der Waals surface area contributed by atoms with Gasteiger partial charge in [-0.25, -0.2) is 4.39 Å². The monoisotopic (exact) mass is 341 g/mol. The molecule has 0 unspecified atom stereocenters. The largest absolute Gasteiger partial charge is 0.370 e. The van der Waals surface area contributed by atoms with E-state index in [2.05, 4.69) is 20.9 Å². The predicted molar refractivity (Wildman–Crippen MR) is 96.0 cm³/mol. The maximum absolute atomic E-state index is 13.6. The molecule has 1 aromatic carbocycles. The van der Waals surface area contributed by atoms with E-state index in [4.69, 9.17) is 4.74 Å². The Labute approximate surface area is 148 Å². The standard InChI is InChI=1S/C20H24FN3O/c21-18-5-1-6-19(12-18)24-9-3-7-20(16-24)15-23(10-11-25-20)14-17-4-2-8-22-13-17/h1-2,4-6,8,12-13H,3,7,9-11,14-16H2/t20-/m0/s1. The molecule has 0 radical (unpaired) electrons. The van der Waals surface area contributed by atoms with Gasteiger partial charge in [-0.15, -0.1) is 0 Å². The maximum atomic E-state index is 13.6. The van der Waals surface area contributed by atoms with Gasteiger partial charge in [-0.05, 0) is 42.7 Å². The summed E-state index contributed by atoms with van der Waals surface area (Å²) in [4.78, 5) is 8.93. The molecule has 0 amide bonds. The molecule has 2 aromatic rings. The van der Waals surface area contributed by atoms with Crippen LogP contribution in [0.2, 0.25) is 0 Å². The van der Waals surface area contributed by atoms with Crippen LogP contribution in [0, 0.1) is 5.82 Å². The van der Waals surface area contributed by atoms with Gasteiger partial charge in [0.1, 0.15) is 5.82 Å². The van der Waals surface area contributed by atoms with Crippen molar-refractivity contribution >= 4 is 5.69 Å². The van der Waals surface area contributed by atoms with Gasteiger partial charge in [0, 0.05) is 50.8 Å². The number of morpholine rings is 1. The van der Waals surface area contributed by atoms with Crippen LogP contribution in [0.4, 0.5) is 10.1 Å². The van der Waals surface area contributed by atoms with Crippen molar-refractivity contribution in [2.24, 2.45) is 0 Å². The zero-order valence-corrected chi connectivity index (χ0v) is 14.4. The second-order valence-corrected chi connectivity index (χ2v) is 7.11. The Morgan fingerprint density at radius 2 is 2.12 bits per heavy atom. The smallest absolute Gasteiger partial charge is 0.125 e. The third-order valence-corrected chi connectivity index (χ3v) is 5.17. The number of nitrogens with zero attached hydrogens (tertiary/aromatic N) is 3. The van der Waals surface area contributed by atoms with Crippen molar-refractivity contribution in [1.82, 2.24) is 9.88 Å². The van der Waals surface area contributed by atoms with Crippen molar-refractivity contribution in [3.63, 3.8) is 0 Å². The normalized spacial score (nSPS) is 24.6. The van der Waals surface area contributed by atoms with Crippen LogP contribution in [0.15, 0.2) is 48.8 Å². The van der Waals surface area contributed by atoms with E-state index in [0.717, 1.165) is 57.9 Å². The maximum Gasteiger partial charge on any atom is 0.125 e. The molecule has 2 aliphatic heterocycles.